The van der Waals surface area contributed by atoms with E-state index in [9.17, 15) is 14.7 Å². The quantitative estimate of drug-likeness (QED) is 0.223. The van der Waals surface area contributed by atoms with E-state index in [0.29, 0.717) is 24.7 Å². The van der Waals surface area contributed by atoms with Crippen LogP contribution in [0.2, 0.25) is 0 Å². The van der Waals surface area contributed by atoms with Gasteiger partial charge in [-0.3, -0.25) is 9.59 Å². The molecule has 178 valence electrons. The molecule has 2 aliphatic carbocycles. The molecule has 2 N–H and O–H groups in total. The van der Waals surface area contributed by atoms with Gasteiger partial charge in [-0.25, -0.2) is 0 Å². The second-order valence-corrected chi connectivity index (χ2v) is 10.5. The molecule has 0 bridgehead atoms. The van der Waals surface area contributed by atoms with Gasteiger partial charge >= 0.3 is 11.9 Å². The largest absolute Gasteiger partial charge is 0.481 e. The van der Waals surface area contributed by atoms with Crippen molar-refractivity contribution in [3.8, 4) is 11.8 Å². The molecule has 0 spiro atoms. The fourth-order valence-corrected chi connectivity index (χ4v) is 4.76. The lowest BCUT2D eigenvalue weighted by atomic mass is 9.89. The van der Waals surface area contributed by atoms with E-state index in [1.54, 1.807) is 6.92 Å². The summed E-state index contributed by atoms with van der Waals surface area (Å²) in [5.74, 6) is 5.97. The number of hydrogen-bond donors (Lipinski definition) is 2. The van der Waals surface area contributed by atoms with Crippen LogP contribution >= 0.6 is 0 Å². The standard InChI is InChI=1S/C27H40O5/c1-6-7-10-18(2)24(32-26(31)27(3,4)5)14-13-21-22-16-19(11-8-9-12-25(29)30)15-20(22)17-23(21)28/h11,13-14,18,20-24,28H,8-10,12,15-17H2,1-5H3,(H,29,30)/b14-13+,19-11+/t18?,20-,21+,22-,23+,24+/m0/s1. The maximum absolute atomic E-state index is 12.5. The van der Waals surface area contributed by atoms with Crippen molar-refractivity contribution in [3.05, 3.63) is 23.8 Å². The smallest absolute Gasteiger partial charge is 0.311 e. The predicted molar refractivity (Wildman–Crippen MR) is 126 cm³/mol. The number of aliphatic carboxylic acids is 1. The first kappa shape index (κ1) is 26.2. The van der Waals surface area contributed by atoms with E-state index in [2.05, 4.69) is 24.0 Å². The fraction of sp³-hybridized carbons (Fsp3) is 0.704. The number of esters is 1. The van der Waals surface area contributed by atoms with Crippen LogP contribution in [0.3, 0.4) is 0 Å². The average Bonchev–Trinajstić information content (AvgIpc) is 3.22. The van der Waals surface area contributed by atoms with Crippen molar-refractivity contribution in [1.29, 1.82) is 0 Å². The Morgan fingerprint density at radius 1 is 1.28 bits per heavy atom. The van der Waals surface area contributed by atoms with Gasteiger partial charge < -0.3 is 14.9 Å². The van der Waals surface area contributed by atoms with Crippen LogP contribution in [0.4, 0.5) is 0 Å². The summed E-state index contributed by atoms with van der Waals surface area (Å²) in [6.07, 6.45) is 10.5. The molecule has 5 heteroatoms. The molecule has 0 aromatic rings. The molecule has 0 aliphatic heterocycles. The number of aliphatic hydroxyl groups is 1. The van der Waals surface area contributed by atoms with Gasteiger partial charge in [-0.05, 0) is 77.7 Å². The highest BCUT2D eigenvalue weighted by Gasteiger charge is 2.45. The minimum Gasteiger partial charge on any atom is -0.481 e. The monoisotopic (exact) mass is 444 g/mol. The Kier molecular flexibility index (Phi) is 9.58. The van der Waals surface area contributed by atoms with Crippen molar-refractivity contribution in [3.63, 3.8) is 0 Å². The zero-order valence-corrected chi connectivity index (χ0v) is 20.3. The van der Waals surface area contributed by atoms with Crippen molar-refractivity contribution in [1.82, 2.24) is 0 Å². The lowest BCUT2D eigenvalue weighted by Crippen LogP contribution is -2.31. The first-order valence-corrected chi connectivity index (χ1v) is 11.9. The van der Waals surface area contributed by atoms with Crippen molar-refractivity contribution < 1.29 is 24.5 Å². The molecule has 0 aromatic heterocycles. The summed E-state index contributed by atoms with van der Waals surface area (Å²) in [4.78, 5) is 23.2. The van der Waals surface area contributed by atoms with Crippen LogP contribution in [-0.4, -0.2) is 34.4 Å². The van der Waals surface area contributed by atoms with Gasteiger partial charge in [0.15, 0.2) is 0 Å². The van der Waals surface area contributed by atoms with Crippen LogP contribution in [0.15, 0.2) is 23.8 Å². The van der Waals surface area contributed by atoms with Gasteiger partial charge in [0.05, 0.1) is 11.5 Å². The molecule has 0 aromatic carbocycles. The summed E-state index contributed by atoms with van der Waals surface area (Å²) in [5.41, 5.74) is 0.810. The van der Waals surface area contributed by atoms with E-state index in [1.807, 2.05) is 33.8 Å². The summed E-state index contributed by atoms with van der Waals surface area (Å²) in [6.45, 7) is 9.39. The zero-order valence-electron chi connectivity index (χ0n) is 20.3. The van der Waals surface area contributed by atoms with Crippen molar-refractivity contribution >= 4 is 11.9 Å². The molecular weight excluding hydrogens is 404 g/mol. The Morgan fingerprint density at radius 2 is 2.00 bits per heavy atom. The van der Waals surface area contributed by atoms with E-state index < -0.39 is 11.4 Å². The Balaban J connectivity index is 2.07. The maximum atomic E-state index is 12.5. The van der Waals surface area contributed by atoms with E-state index >= 15 is 0 Å². The van der Waals surface area contributed by atoms with Gasteiger partial charge in [0.25, 0.3) is 0 Å². The molecule has 0 amide bonds. The van der Waals surface area contributed by atoms with Gasteiger partial charge in [0.1, 0.15) is 6.10 Å². The Labute approximate surface area is 193 Å². The maximum Gasteiger partial charge on any atom is 0.311 e. The van der Waals surface area contributed by atoms with Crippen LogP contribution in [0.1, 0.15) is 79.6 Å². The Hall–Kier alpha value is -2.06. The minimum atomic E-state index is -0.749. The summed E-state index contributed by atoms with van der Waals surface area (Å²) in [6, 6.07) is 0. The van der Waals surface area contributed by atoms with Crippen LogP contribution in [0.25, 0.3) is 0 Å². The molecule has 6 atom stereocenters. The molecular formula is C27H40O5. The highest BCUT2D eigenvalue weighted by Crippen LogP contribution is 2.50. The number of rotatable bonds is 9. The third kappa shape index (κ3) is 7.52. The number of unbranched alkanes of at least 4 members (excludes halogenated alkanes) is 1. The molecule has 0 saturated heterocycles. The third-order valence-corrected chi connectivity index (χ3v) is 6.68. The van der Waals surface area contributed by atoms with Crippen LogP contribution in [-0.2, 0) is 14.3 Å². The summed E-state index contributed by atoms with van der Waals surface area (Å²) < 4.78 is 5.85. The molecule has 2 rings (SSSR count). The highest BCUT2D eigenvalue weighted by atomic mass is 16.5. The minimum absolute atomic E-state index is 0.0465. The number of carboxylic acids is 1. The summed E-state index contributed by atoms with van der Waals surface area (Å²) in [5, 5.41) is 19.5. The Morgan fingerprint density at radius 3 is 2.62 bits per heavy atom. The van der Waals surface area contributed by atoms with Crippen LogP contribution < -0.4 is 0 Å². The lowest BCUT2D eigenvalue weighted by Gasteiger charge is -2.26. The molecule has 0 radical (unpaired) electrons. The topological polar surface area (TPSA) is 83.8 Å². The predicted octanol–water partition coefficient (Wildman–Crippen LogP) is 5.14. The van der Waals surface area contributed by atoms with Gasteiger partial charge in [-0.1, -0.05) is 24.6 Å². The van der Waals surface area contributed by atoms with Gasteiger partial charge in [0, 0.05) is 24.7 Å². The Bertz CT molecular complexity index is 776. The zero-order chi connectivity index (χ0) is 23.9. The molecule has 0 heterocycles. The number of aliphatic hydroxyl groups excluding tert-OH is 1. The van der Waals surface area contributed by atoms with Gasteiger partial charge in [-0.15, -0.1) is 11.8 Å². The van der Waals surface area contributed by atoms with Gasteiger partial charge in [-0.2, -0.15) is 0 Å². The number of carbonyl (C=O) groups excluding carboxylic acids is 1. The fourth-order valence-electron chi connectivity index (χ4n) is 4.76. The van der Waals surface area contributed by atoms with Crippen LogP contribution in [0, 0.1) is 40.9 Å². The van der Waals surface area contributed by atoms with Crippen LogP contribution in [0.5, 0.6) is 0 Å². The molecule has 5 nitrogen and oxygen atoms in total. The van der Waals surface area contributed by atoms with Crippen molar-refractivity contribution in [2.24, 2.45) is 29.1 Å². The van der Waals surface area contributed by atoms with Crippen molar-refractivity contribution in [2.75, 3.05) is 0 Å². The molecule has 2 aliphatic rings. The molecule has 2 saturated carbocycles. The summed E-state index contributed by atoms with van der Waals surface area (Å²) in [7, 11) is 0. The first-order valence-electron chi connectivity index (χ1n) is 11.9. The highest BCUT2D eigenvalue weighted by molar-refractivity contribution is 5.75. The second kappa shape index (κ2) is 11.7. The second-order valence-electron chi connectivity index (χ2n) is 10.5. The average molecular weight is 445 g/mol. The first-order chi connectivity index (χ1) is 15.0. The van der Waals surface area contributed by atoms with E-state index in [4.69, 9.17) is 9.84 Å². The van der Waals surface area contributed by atoms with E-state index in [0.717, 1.165) is 25.7 Å². The van der Waals surface area contributed by atoms with E-state index in [-0.39, 0.29) is 36.4 Å². The lowest BCUT2D eigenvalue weighted by molar-refractivity contribution is -0.158. The molecule has 32 heavy (non-hydrogen) atoms. The number of allylic oxidation sites excluding steroid dienone is 2. The number of fused-ring (bicyclic) bond motifs is 1. The normalized spacial score (nSPS) is 28.2. The summed E-state index contributed by atoms with van der Waals surface area (Å²) >= 11 is 0. The number of hydrogen-bond acceptors (Lipinski definition) is 4. The number of ether oxygens (including phenoxy) is 1. The third-order valence-electron chi connectivity index (χ3n) is 6.68. The van der Waals surface area contributed by atoms with E-state index in [1.165, 1.54) is 5.57 Å². The van der Waals surface area contributed by atoms with Crippen molar-refractivity contribution in [2.45, 2.75) is 91.8 Å². The SMILES string of the molecule is CC#CCC(C)[C@@H](/C=C/[C@@H]1[C@H]2C/C(=C/CCCC(=O)O)C[C@H]2C[C@H]1O)OC(=O)C(C)(C)C. The van der Waals surface area contributed by atoms with Gasteiger partial charge in [0.2, 0.25) is 0 Å². The number of carboxylic acid groups (broad SMARTS) is 1. The molecule has 1 unspecified atom stereocenters. The number of carbonyl (C=O) groups is 2. The molecule has 2 fully saturated rings.